The number of hydrogen-bond acceptors (Lipinski definition) is 4. The molecule has 2 aliphatic heterocycles. The van der Waals surface area contributed by atoms with Crippen molar-refractivity contribution in [1.29, 1.82) is 0 Å². The summed E-state index contributed by atoms with van der Waals surface area (Å²) in [7, 11) is 0. The van der Waals surface area contributed by atoms with Gasteiger partial charge in [0.05, 0.1) is 31.0 Å². The smallest absolute Gasteiger partial charge is 0.0950 e. The summed E-state index contributed by atoms with van der Waals surface area (Å²) in [5, 5.41) is 20.8. The lowest BCUT2D eigenvalue weighted by Gasteiger charge is -2.41. The average molecular weight is 277 g/mol. The van der Waals surface area contributed by atoms with Crippen LogP contribution in [0.3, 0.4) is 0 Å². The van der Waals surface area contributed by atoms with E-state index in [1.165, 1.54) is 5.56 Å². The van der Waals surface area contributed by atoms with E-state index in [2.05, 4.69) is 11.0 Å². The molecule has 4 heteroatoms. The van der Waals surface area contributed by atoms with Crippen LogP contribution in [0.4, 0.5) is 0 Å². The van der Waals surface area contributed by atoms with Crippen LogP contribution >= 0.6 is 0 Å². The quantitative estimate of drug-likeness (QED) is 0.848. The van der Waals surface area contributed by atoms with Crippen molar-refractivity contribution in [3.05, 3.63) is 35.4 Å². The molecule has 0 aliphatic carbocycles. The standard InChI is InChI=1S/C16H23NO3/c1-12-3-2-4-13(9-12)16(19)5-7-17(8-6-16)14-10-20-11-15(14)18/h2-4,9,14-15,18-19H,5-8,10-11H2,1H3/t14-,15+/m1/s1. The van der Waals surface area contributed by atoms with Crippen LogP contribution in [0.1, 0.15) is 24.0 Å². The van der Waals surface area contributed by atoms with Gasteiger partial charge in [-0.1, -0.05) is 29.8 Å². The van der Waals surface area contributed by atoms with Crippen molar-refractivity contribution in [3.8, 4) is 0 Å². The van der Waals surface area contributed by atoms with Gasteiger partial charge in [0.25, 0.3) is 0 Å². The lowest BCUT2D eigenvalue weighted by atomic mass is 9.83. The molecular formula is C16H23NO3. The highest BCUT2D eigenvalue weighted by molar-refractivity contribution is 5.28. The highest BCUT2D eigenvalue weighted by atomic mass is 16.5. The summed E-state index contributed by atoms with van der Waals surface area (Å²) in [4.78, 5) is 2.25. The Morgan fingerprint density at radius 1 is 1.25 bits per heavy atom. The molecule has 20 heavy (non-hydrogen) atoms. The zero-order valence-corrected chi connectivity index (χ0v) is 12.0. The van der Waals surface area contributed by atoms with E-state index in [-0.39, 0.29) is 12.1 Å². The van der Waals surface area contributed by atoms with Gasteiger partial charge < -0.3 is 14.9 Å². The molecule has 3 rings (SSSR count). The van der Waals surface area contributed by atoms with Crippen molar-refractivity contribution >= 4 is 0 Å². The predicted octanol–water partition coefficient (Wildman–Crippen LogP) is 1.04. The van der Waals surface area contributed by atoms with Gasteiger partial charge >= 0.3 is 0 Å². The summed E-state index contributed by atoms with van der Waals surface area (Å²) in [5.74, 6) is 0. The fourth-order valence-electron chi connectivity index (χ4n) is 3.33. The van der Waals surface area contributed by atoms with Crippen molar-refractivity contribution in [2.75, 3.05) is 26.3 Å². The number of likely N-dealkylation sites (tertiary alicyclic amines) is 1. The van der Waals surface area contributed by atoms with Crippen molar-refractivity contribution in [2.24, 2.45) is 0 Å². The van der Waals surface area contributed by atoms with E-state index in [0.717, 1.165) is 18.7 Å². The number of aliphatic hydroxyl groups is 2. The second kappa shape index (κ2) is 5.45. The Kier molecular flexibility index (Phi) is 3.82. The molecule has 2 heterocycles. The van der Waals surface area contributed by atoms with Crippen LogP contribution in [-0.4, -0.2) is 53.6 Å². The second-order valence-electron chi connectivity index (χ2n) is 6.11. The summed E-state index contributed by atoms with van der Waals surface area (Å²) in [5.41, 5.74) is 1.46. The van der Waals surface area contributed by atoms with Crippen molar-refractivity contribution < 1.29 is 14.9 Å². The molecular weight excluding hydrogens is 254 g/mol. The minimum absolute atomic E-state index is 0.0945. The first-order valence-corrected chi connectivity index (χ1v) is 7.38. The van der Waals surface area contributed by atoms with Gasteiger partial charge in [-0.3, -0.25) is 4.90 Å². The highest BCUT2D eigenvalue weighted by Gasteiger charge is 2.39. The topological polar surface area (TPSA) is 52.9 Å². The molecule has 1 aromatic rings. The maximum Gasteiger partial charge on any atom is 0.0950 e. The zero-order chi connectivity index (χ0) is 14.2. The normalized spacial score (nSPS) is 30.6. The van der Waals surface area contributed by atoms with Gasteiger partial charge in [-0.25, -0.2) is 0 Å². The summed E-state index contributed by atoms with van der Waals surface area (Å²) in [6.07, 6.45) is 1.03. The number of aliphatic hydroxyl groups excluding tert-OH is 1. The van der Waals surface area contributed by atoms with Gasteiger partial charge in [-0.05, 0) is 25.3 Å². The lowest BCUT2D eigenvalue weighted by Crippen LogP contribution is -2.50. The van der Waals surface area contributed by atoms with Crippen LogP contribution in [0.5, 0.6) is 0 Å². The van der Waals surface area contributed by atoms with Gasteiger partial charge in [0, 0.05) is 13.1 Å². The molecule has 0 spiro atoms. The third kappa shape index (κ3) is 2.61. The Morgan fingerprint density at radius 2 is 2.00 bits per heavy atom. The molecule has 2 atom stereocenters. The van der Waals surface area contributed by atoms with Crippen LogP contribution < -0.4 is 0 Å². The first kappa shape index (κ1) is 14.0. The molecule has 2 saturated heterocycles. The van der Waals surface area contributed by atoms with Gasteiger partial charge in [-0.15, -0.1) is 0 Å². The molecule has 1 aromatic carbocycles. The number of piperidine rings is 1. The van der Waals surface area contributed by atoms with Crippen LogP contribution in [-0.2, 0) is 10.3 Å². The first-order chi connectivity index (χ1) is 9.58. The van der Waals surface area contributed by atoms with E-state index in [4.69, 9.17) is 4.74 Å². The van der Waals surface area contributed by atoms with E-state index < -0.39 is 5.60 Å². The predicted molar refractivity (Wildman–Crippen MR) is 76.5 cm³/mol. The third-order valence-corrected chi connectivity index (χ3v) is 4.67. The van der Waals surface area contributed by atoms with Gasteiger partial charge in [0.15, 0.2) is 0 Å². The minimum atomic E-state index is -0.729. The van der Waals surface area contributed by atoms with E-state index in [1.54, 1.807) is 0 Å². The summed E-state index contributed by atoms with van der Waals surface area (Å²) in [6.45, 7) is 4.69. The first-order valence-electron chi connectivity index (χ1n) is 7.38. The fraction of sp³-hybridized carbons (Fsp3) is 0.625. The van der Waals surface area contributed by atoms with Crippen LogP contribution in [0.25, 0.3) is 0 Å². The number of ether oxygens (including phenoxy) is 1. The monoisotopic (exact) mass is 277 g/mol. The molecule has 2 N–H and O–H groups in total. The lowest BCUT2D eigenvalue weighted by molar-refractivity contribution is -0.0457. The molecule has 0 bridgehead atoms. The van der Waals surface area contributed by atoms with Crippen LogP contribution in [0.15, 0.2) is 24.3 Å². The van der Waals surface area contributed by atoms with Crippen molar-refractivity contribution in [3.63, 3.8) is 0 Å². The molecule has 2 fully saturated rings. The van der Waals surface area contributed by atoms with Gasteiger partial charge in [0.2, 0.25) is 0 Å². The van der Waals surface area contributed by atoms with Crippen LogP contribution in [0.2, 0.25) is 0 Å². The maximum absolute atomic E-state index is 10.9. The molecule has 0 radical (unpaired) electrons. The number of benzene rings is 1. The van der Waals surface area contributed by atoms with Gasteiger partial charge in [-0.2, -0.15) is 0 Å². The molecule has 0 saturated carbocycles. The number of hydrogen-bond donors (Lipinski definition) is 2. The molecule has 0 aromatic heterocycles. The SMILES string of the molecule is Cc1cccc(C2(O)CCN([C@@H]3COC[C@@H]3O)CC2)c1. The fourth-order valence-corrected chi connectivity index (χ4v) is 3.33. The summed E-state index contributed by atoms with van der Waals surface area (Å²) >= 11 is 0. The number of aryl methyl sites for hydroxylation is 1. The van der Waals surface area contributed by atoms with Crippen molar-refractivity contribution in [2.45, 2.75) is 37.5 Å². The maximum atomic E-state index is 10.9. The van der Waals surface area contributed by atoms with E-state index in [9.17, 15) is 10.2 Å². The highest BCUT2D eigenvalue weighted by Crippen LogP contribution is 2.34. The molecule has 0 amide bonds. The van der Waals surface area contributed by atoms with Gasteiger partial charge in [0.1, 0.15) is 0 Å². The summed E-state index contributed by atoms with van der Waals surface area (Å²) in [6, 6.07) is 8.23. The number of nitrogens with zero attached hydrogens (tertiary/aromatic N) is 1. The molecule has 2 aliphatic rings. The van der Waals surface area contributed by atoms with E-state index in [1.807, 2.05) is 25.1 Å². The molecule has 4 nitrogen and oxygen atoms in total. The Balaban J connectivity index is 1.68. The summed E-state index contributed by atoms with van der Waals surface area (Å²) < 4.78 is 5.32. The molecule has 0 unspecified atom stereocenters. The Labute approximate surface area is 120 Å². The largest absolute Gasteiger partial charge is 0.389 e. The average Bonchev–Trinajstić information content (AvgIpc) is 2.86. The Morgan fingerprint density at radius 3 is 2.60 bits per heavy atom. The van der Waals surface area contributed by atoms with Crippen LogP contribution in [0, 0.1) is 6.92 Å². The Bertz CT molecular complexity index is 469. The second-order valence-corrected chi connectivity index (χ2v) is 6.11. The Hall–Kier alpha value is -0.940. The van der Waals surface area contributed by atoms with Crippen molar-refractivity contribution in [1.82, 2.24) is 4.90 Å². The third-order valence-electron chi connectivity index (χ3n) is 4.67. The minimum Gasteiger partial charge on any atom is -0.389 e. The van der Waals surface area contributed by atoms with E-state index in [0.29, 0.717) is 26.1 Å². The number of rotatable bonds is 2. The zero-order valence-electron chi connectivity index (χ0n) is 12.0. The molecule has 110 valence electrons. The van der Waals surface area contributed by atoms with E-state index >= 15 is 0 Å².